The van der Waals surface area contributed by atoms with E-state index in [1.165, 1.54) is 12.1 Å². The largest absolute Gasteiger partial charge is 0.485 e. The number of nitrogens with zero attached hydrogens (tertiary/aromatic N) is 2. The van der Waals surface area contributed by atoms with Gasteiger partial charge in [-0.25, -0.2) is 4.98 Å². The zero-order valence-corrected chi connectivity index (χ0v) is 17.2. The number of carbonyl (C=O) groups excluding carboxylic acids is 1. The molecule has 1 heterocycles. The number of carbonyl (C=O) groups is 1. The van der Waals surface area contributed by atoms with Crippen LogP contribution in [-0.4, -0.2) is 15.5 Å². The number of amides is 1. The molecule has 1 aromatic heterocycles. The third-order valence-corrected chi connectivity index (χ3v) is 4.96. The molecule has 5 nitrogen and oxygen atoms in total. The number of fused-ring (bicyclic) bond motifs is 1. The van der Waals surface area contributed by atoms with Crippen LogP contribution in [0.5, 0.6) is 5.75 Å². The molecule has 0 saturated heterocycles. The quantitative estimate of drug-likeness (QED) is 0.427. The van der Waals surface area contributed by atoms with Gasteiger partial charge in [0.05, 0.1) is 16.6 Å². The number of ether oxygens (including phenoxy) is 1. The summed E-state index contributed by atoms with van der Waals surface area (Å²) in [7, 11) is 0. The molecule has 8 heteroatoms. The Morgan fingerprint density at radius 3 is 2.56 bits per heavy atom. The molecular formula is C24H20F3N3O2. The average Bonchev–Trinajstić information content (AvgIpc) is 3.10. The lowest BCUT2D eigenvalue weighted by molar-refractivity contribution is -0.137. The van der Waals surface area contributed by atoms with Gasteiger partial charge in [0.25, 0.3) is 0 Å². The highest BCUT2D eigenvalue weighted by molar-refractivity contribution is 5.91. The van der Waals surface area contributed by atoms with Crippen molar-refractivity contribution in [3.05, 3.63) is 89.7 Å². The summed E-state index contributed by atoms with van der Waals surface area (Å²) in [6, 6.07) is 19.4. The van der Waals surface area contributed by atoms with E-state index in [-0.39, 0.29) is 18.8 Å². The minimum atomic E-state index is -4.48. The lowest BCUT2D eigenvalue weighted by Gasteiger charge is -2.13. The molecule has 164 valence electrons. The van der Waals surface area contributed by atoms with E-state index in [0.29, 0.717) is 17.1 Å². The van der Waals surface area contributed by atoms with Crippen molar-refractivity contribution in [2.75, 3.05) is 5.32 Å². The minimum absolute atomic E-state index is 0.0759. The first-order valence-electron chi connectivity index (χ1n) is 9.91. The van der Waals surface area contributed by atoms with E-state index < -0.39 is 17.6 Å². The van der Waals surface area contributed by atoms with Gasteiger partial charge in [-0.05, 0) is 48.9 Å². The number of nitrogens with one attached hydrogen (secondary N) is 1. The molecule has 0 fully saturated rings. The Morgan fingerprint density at radius 2 is 1.78 bits per heavy atom. The van der Waals surface area contributed by atoms with Crippen LogP contribution in [0.4, 0.5) is 18.9 Å². The molecule has 0 saturated carbocycles. The number of alkyl halides is 3. The van der Waals surface area contributed by atoms with Crippen LogP contribution in [0, 0.1) is 6.92 Å². The monoisotopic (exact) mass is 439 g/mol. The van der Waals surface area contributed by atoms with Gasteiger partial charge in [-0.1, -0.05) is 36.4 Å². The maximum Gasteiger partial charge on any atom is 0.416 e. The fourth-order valence-corrected chi connectivity index (χ4v) is 3.39. The first kappa shape index (κ1) is 21.4. The SMILES string of the molecule is Cc1ccccc1OCc1nc2ccccc2n1CC(=O)Nc1cccc(C(F)(F)F)c1. The number of benzene rings is 3. The number of hydrogen-bond donors (Lipinski definition) is 1. The van der Waals surface area contributed by atoms with Crippen LogP contribution >= 0.6 is 0 Å². The lowest BCUT2D eigenvalue weighted by atomic mass is 10.2. The van der Waals surface area contributed by atoms with Crippen LogP contribution in [0.2, 0.25) is 0 Å². The topological polar surface area (TPSA) is 56.2 Å². The van der Waals surface area contributed by atoms with Crippen molar-refractivity contribution < 1.29 is 22.7 Å². The van der Waals surface area contributed by atoms with Crippen molar-refractivity contribution in [3.63, 3.8) is 0 Å². The second-order valence-corrected chi connectivity index (χ2v) is 7.28. The van der Waals surface area contributed by atoms with Crippen LogP contribution in [0.1, 0.15) is 17.0 Å². The summed E-state index contributed by atoms with van der Waals surface area (Å²) in [6.07, 6.45) is -4.48. The van der Waals surface area contributed by atoms with E-state index in [2.05, 4.69) is 10.3 Å². The maximum atomic E-state index is 13.0. The van der Waals surface area contributed by atoms with Crippen molar-refractivity contribution in [2.45, 2.75) is 26.3 Å². The minimum Gasteiger partial charge on any atom is -0.485 e. The van der Waals surface area contributed by atoms with Gasteiger partial charge >= 0.3 is 6.18 Å². The highest BCUT2D eigenvalue weighted by Crippen LogP contribution is 2.30. The predicted molar refractivity (Wildman–Crippen MR) is 115 cm³/mol. The zero-order valence-electron chi connectivity index (χ0n) is 17.2. The lowest BCUT2D eigenvalue weighted by Crippen LogP contribution is -2.21. The molecular weight excluding hydrogens is 419 g/mol. The second-order valence-electron chi connectivity index (χ2n) is 7.28. The van der Waals surface area contributed by atoms with E-state index >= 15 is 0 Å². The molecule has 0 aliphatic carbocycles. The van der Waals surface area contributed by atoms with Gasteiger partial charge in [0.2, 0.25) is 5.91 Å². The Hall–Kier alpha value is -3.81. The van der Waals surface area contributed by atoms with Crippen LogP contribution in [0.25, 0.3) is 11.0 Å². The highest BCUT2D eigenvalue weighted by atomic mass is 19.4. The molecule has 3 aromatic carbocycles. The molecule has 4 rings (SSSR count). The summed E-state index contributed by atoms with van der Waals surface area (Å²) < 4.78 is 46.5. The fourth-order valence-electron chi connectivity index (χ4n) is 3.39. The van der Waals surface area contributed by atoms with Gasteiger partial charge < -0.3 is 14.6 Å². The van der Waals surface area contributed by atoms with Gasteiger partial charge in [-0.2, -0.15) is 13.2 Å². The number of hydrogen-bond acceptors (Lipinski definition) is 3. The number of halogens is 3. The molecule has 0 bridgehead atoms. The summed E-state index contributed by atoms with van der Waals surface area (Å²) in [5.74, 6) is 0.776. The van der Waals surface area contributed by atoms with Crippen molar-refractivity contribution in [3.8, 4) is 5.75 Å². The van der Waals surface area contributed by atoms with Crippen molar-refractivity contribution in [2.24, 2.45) is 0 Å². The highest BCUT2D eigenvalue weighted by Gasteiger charge is 2.30. The molecule has 0 spiro atoms. The molecule has 0 aliphatic heterocycles. The van der Waals surface area contributed by atoms with E-state index in [0.717, 1.165) is 23.2 Å². The number of aromatic nitrogens is 2. The molecule has 0 unspecified atom stereocenters. The summed E-state index contributed by atoms with van der Waals surface area (Å²) in [5, 5.41) is 2.54. The van der Waals surface area contributed by atoms with Gasteiger partial charge in [0.15, 0.2) is 0 Å². The summed E-state index contributed by atoms with van der Waals surface area (Å²) in [6.45, 7) is 1.94. The first-order valence-corrected chi connectivity index (χ1v) is 9.91. The van der Waals surface area contributed by atoms with Crippen LogP contribution in [0.3, 0.4) is 0 Å². The van der Waals surface area contributed by atoms with E-state index in [9.17, 15) is 18.0 Å². The third-order valence-electron chi connectivity index (χ3n) is 4.96. The first-order chi connectivity index (χ1) is 15.3. The van der Waals surface area contributed by atoms with Gasteiger partial charge in [-0.3, -0.25) is 4.79 Å². The van der Waals surface area contributed by atoms with Crippen molar-refractivity contribution in [1.82, 2.24) is 9.55 Å². The Morgan fingerprint density at radius 1 is 1.03 bits per heavy atom. The predicted octanol–water partition coefficient (Wildman–Crippen LogP) is 5.58. The number of anilines is 1. The van der Waals surface area contributed by atoms with Crippen molar-refractivity contribution >= 4 is 22.6 Å². The number of rotatable bonds is 6. The third kappa shape index (κ3) is 4.74. The van der Waals surface area contributed by atoms with Gasteiger partial charge in [-0.15, -0.1) is 0 Å². The molecule has 1 N–H and O–H groups in total. The fraction of sp³-hybridized carbons (Fsp3) is 0.167. The smallest absolute Gasteiger partial charge is 0.416 e. The molecule has 0 atom stereocenters. The normalized spacial score (nSPS) is 11.5. The summed E-state index contributed by atoms with van der Waals surface area (Å²) >= 11 is 0. The Labute approximate surface area is 182 Å². The molecule has 0 aliphatic rings. The van der Waals surface area contributed by atoms with Crippen LogP contribution < -0.4 is 10.1 Å². The zero-order chi connectivity index (χ0) is 22.7. The van der Waals surface area contributed by atoms with E-state index in [1.807, 2.05) is 55.5 Å². The maximum absolute atomic E-state index is 13.0. The average molecular weight is 439 g/mol. The number of para-hydroxylation sites is 3. The van der Waals surface area contributed by atoms with E-state index in [1.54, 1.807) is 4.57 Å². The molecule has 32 heavy (non-hydrogen) atoms. The van der Waals surface area contributed by atoms with Gasteiger partial charge in [0.1, 0.15) is 24.7 Å². The van der Waals surface area contributed by atoms with Gasteiger partial charge in [0, 0.05) is 5.69 Å². The molecule has 0 radical (unpaired) electrons. The molecule has 1 amide bonds. The Bertz CT molecular complexity index is 1260. The van der Waals surface area contributed by atoms with Crippen LogP contribution in [0.15, 0.2) is 72.8 Å². The number of aryl methyl sites for hydroxylation is 1. The second kappa shape index (κ2) is 8.74. The Kier molecular flexibility index (Phi) is 5.85. The molecule has 4 aromatic rings. The van der Waals surface area contributed by atoms with Crippen molar-refractivity contribution in [1.29, 1.82) is 0 Å². The van der Waals surface area contributed by atoms with Crippen LogP contribution in [-0.2, 0) is 24.1 Å². The summed E-state index contributed by atoms with van der Waals surface area (Å²) in [5.41, 5.74) is 1.65. The Balaban J connectivity index is 1.56. The number of imidazole rings is 1. The summed E-state index contributed by atoms with van der Waals surface area (Å²) in [4.78, 5) is 17.3. The van der Waals surface area contributed by atoms with E-state index in [4.69, 9.17) is 4.74 Å². The standard InChI is InChI=1S/C24H20F3N3O2/c1-16-7-2-5-12-21(16)32-15-22-29-19-10-3-4-11-20(19)30(22)14-23(31)28-18-9-6-8-17(13-18)24(25,26)27/h2-13H,14-15H2,1H3,(H,28,31).